The van der Waals surface area contributed by atoms with Gasteiger partial charge in [0.05, 0.1) is 6.42 Å². The van der Waals surface area contributed by atoms with Crippen LogP contribution in [-0.2, 0) is 17.6 Å². The molecule has 32 heavy (non-hydrogen) atoms. The minimum Gasteiger partial charge on any atom is -0.356 e. The van der Waals surface area contributed by atoms with Gasteiger partial charge in [0.25, 0.3) is 5.78 Å². The molecule has 0 saturated carbocycles. The lowest BCUT2D eigenvalue weighted by Crippen LogP contribution is -2.41. The third-order valence-electron chi connectivity index (χ3n) is 6.10. The molecule has 0 aliphatic carbocycles. The van der Waals surface area contributed by atoms with Crippen LogP contribution in [0, 0.1) is 5.82 Å². The van der Waals surface area contributed by atoms with Gasteiger partial charge in [0.1, 0.15) is 18.2 Å². The predicted octanol–water partition coefficient (Wildman–Crippen LogP) is 3.46. The lowest BCUT2D eigenvalue weighted by atomic mass is 9.91. The number of carbonyl (C=O) groups is 1. The summed E-state index contributed by atoms with van der Waals surface area (Å²) in [5, 5.41) is 5.21. The zero-order valence-corrected chi connectivity index (χ0v) is 17.1. The van der Waals surface area contributed by atoms with Crippen molar-refractivity contribution in [3.05, 3.63) is 95.5 Å². The number of aromatic nitrogens is 5. The van der Waals surface area contributed by atoms with E-state index in [4.69, 9.17) is 0 Å². The zero-order chi connectivity index (χ0) is 21.7. The summed E-state index contributed by atoms with van der Waals surface area (Å²) in [6.45, 7) is 0.506. The Morgan fingerprint density at radius 1 is 1.12 bits per heavy atom. The first-order chi connectivity index (χ1) is 15.7. The fourth-order valence-corrected chi connectivity index (χ4v) is 4.66. The number of hydrogen-bond acceptors (Lipinski definition) is 4. The first kappa shape index (κ1) is 18.7. The van der Waals surface area contributed by atoms with Crippen LogP contribution in [0.15, 0.2) is 67.3 Å². The number of fused-ring (bicyclic) bond motifs is 4. The van der Waals surface area contributed by atoms with Crippen molar-refractivity contribution in [2.24, 2.45) is 0 Å². The Morgan fingerprint density at radius 2 is 1.97 bits per heavy atom. The zero-order valence-electron chi connectivity index (χ0n) is 17.1. The number of para-hydroxylation sites is 1. The van der Waals surface area contributed by atoms with Crippen molar-refractivity contribution in [3.8, 4) is 0 Å². The second kappa shape index (κ2) is 7.26. The average molecular weight is 426 g/mol. The van der Waals surface area contributed by atoms with Gasteiger partial charge in [-0.3, -0.25) is 4.79 Å². The van der Waals surface area contributed by atoms with Crippen molar-refractivity contribution in [3.63, 3.8) is 0 Å². The second-order valence-corrected chi connectivity index (χ2v) is 7.97. The highest BCUT2D eigenvalue weighted by molar-refractivity contribution is 5.87. The Bertz CT molecular complexity index is 1470. The van der Waals surface area contributed by atoms with Crippen LogP contribution < -0.4 is 0 Å². The van der Waals surface area contributed by atoms with Crippen molar-refractivity contribution in [2.45, 2.75) is 18.9 Å². The molecule has 5 aromatic rings. The lowest BCUT2D eigenvalue weighted by molar-refractivity contribution is -0.132. The van der Waals surface area contributed by atoms with E-state index in [9.17, 15) is 9.18 Å². The topological polar surface area (TPSA) is 79.2 Å². The number of aromatic amines is 1. The number of nitrogens with one attached hydrogen (secondary N) is 1. The Hall–Kier alpha value is -4.07. The number of benzene rings is 2. The van der Waals surface area contributed by atoms with Gasteiger partial charge in [-0.25, -0.2) is 13.9 Å². The van der Waals surface area contributed by atoms with Crippen molar-refractivity contribution in [2.75, 3.05) is 6.54 Å². The van der Waals surface area contributed by atoms with Crippen molar-refractivity contribution in [1.82, 2.24) is 29.5 Å². The minimum absolute atomic E-state index is 0.0937. The van der Waals surface area contributed by atoms with E-state index in [-0.39, 0.29) is 18.1 Å². The molecule has 1 amide bonds. The maximum absolute atomic E-state index is 14.9. The lowest BCUT2D eigenvalue weighted by Gasteiger charge is -2.36. The highest BCUT2D eigenvalue weighted by Crippen LogP contribution is 2.39. The van der Waals surface area contributed by atoms with E-state index >= 15 is 0 Å². The molecular weight excluding hydrogens is 407 g/mol. The molecule has 2 aromatic carbocycles. The Kier molecular flexibility index (Phi) is 4.24. The summed E-state index contributed by atoms with van der Waals surface area (Å²) < 4.78 is 16.5. The number of hydrogen-bond donors (Lipinski definition) is 1. The van der Waals surface area contributed by atoms with Crippen LogP contribution in [0.5, 0.6) is 0 Å². The fourth-order valence-electron chi connectivity index (χ4n) is 4.66. The Balaban J connectivity index is 1.42. The van der Waals surface area contributed by atoms with Crippen molar-refractivity contribution < 1.29 is 9.18 Å². The molecule has 158 valence electrons. The Morgan fingerprint density at radius 3 is 2.88 bits per heavy atom. The number of nitrogens with zero attached hydrogens (tertiary/aromatic N) is 5. The molecule has 0 radical (unpaired) electrons. The molecule has 1 aliphatic rings. The van der Waals surface area contributed by atoms with Crippen LogP contribution in [0.3, 0.4) is 0 Å². The minimum atomic E-state index is -0.525. The number of amides is 1. The van der Waals surface area contributed by atoms with Crippen LogP contribution in [0.1, 0.15) is 28.4 Å². The van der Waals surface area contributed by atoms with Crippen LogP contribution in [0.25, 0.3) is 16.7 Å². The first-order valence-corrected chi connectivity index (χ1v) is 10.5. The van der Waals surface area contributed by atoms with Gasteiger partial charge in [-0.1, -0.05) is 36.4 Å². The van der Waals surface area contributed by atoms with E-state index in [0.29, 0.717) is 24.3 Å². The maximum Gasteiger partial charge on any atom is 0.252 e. The quantitative estimate of drug-likeness (QED) is 0.479. The molecule has 1 atom stereocenters. The van der Waals surface area contributed by atoms with E-state index in [1.807, 2.05) is 18.2 Å². The van der Waals surface area contributed by atoms with Crippen molar-refractivity contribution in [1.29, 1.82) is 0 Å². The van der Waals surface area contributed by atoms with Crippen molar-refractivity contribution >= 4 is 22.6 Å². The SMILES string of the molecule is O=C(Cc1cnc2ncnn2c1)N1CCc2c([nH]c3ccccc23)[C@@H]1c1ccccc1F. The summed E-state index contributed by atoms with van der Waals surface area (Å²) in [7, 11) is 0. The molecular formula is C24H19FN6O. The molecule has 3 aromatic heterocycles. The van der Waals surface area contributed by atoms with E-state index in [2.05, 4.69) is 26.1 Å². The average Bonchev–Trinajstić information content (AvgIpc) is 3.43. The molecule has 0 spiro atoms. The van der Waals surface area contributed by atoms with Crippen LogP contribution >= 0.6 is 0 Å². The summed E-state index contributed by atoms with van der Waals surface area (Å²) in [6.07, 6.45) is 5.66. The van der Waals surface area contributed by atoms with Gasteiger partial charge in [-0.05, 0) is 29.7 Å². The fraction of sp³-hybridized carbons (Fsp3) is 0.167. The summed E-state index contributed by atoms with van der Waals surface area (Å²) in [4.78, 5) is 27.0. The van der Waals surface area contributed by atoms with E-state index in [1.165, 1.54) is 12.4 Å². The normalized spacial score (nSPS) is 15.9. The molecule has 0 bridgehead atoms. The van der Waals surface area contributed by atoms with Crippen LogP contribution in [0.2, 0.25) is 0 Å². The summed E-state index contributed by atoms with van der Waals surface area (Å²) in [5.41, 5.74) is 4.22. The molecule has 7 nitrogen and oxygen atoms in total. The van der Waals surface area contributed by atoms with Crippen LogP contribution in [-0.4, -0.2) is 41.9 Å². The predicted molar refractivity (Wildman–Crippen MR) is 116 cm³/mol. The summed E-state index contributed by atoms with van der Waals surface area (Å²) >= 11 is 0. The number of carbonyl (C=O) groups excluding carboxylic acids is 1. The molecule has 8 heteroatoms. The first-order valence-electron chi connectivity index (χ1n) is 10.5. The van der Waals surface area contributed by atoms with Gasteiger partial charge >= 0.3 is 0 Å². The molecule has 6 rings (SSSR count). The smallest absolute Gasteiger partial charge is 0.252 e. The second-order valence-electron chi connectivity index (χ2n) is 7.97. The van der Waals surface area contributed by atoms with Gasteiger partial charge in [-0.2, -0.15) is 10.1 Å². The van der Waals surface area contributed by atoms with E-state index < -0.39 is 6.04 Å². The number of H-pyrrole nitrogens is 1. The standard InChI is InChI=1S/C24H19FN6O/c25-19-7-3-1-6-18(19)23-22-17(16-5-2-4-8-20(16)29-22)9-10-30(23)21(32)11-15-12-26-24-27-14-28-31(24)13-15/h1-8,12-14,23,29H,9-11H2/t23-/m0/s1. The molecule has 1 N–H and O–H groups in total. The molecule has 4 heterocycles. The summed E-state index contributed by atoms with van der Waals surface area (Å²) in [6, 6.07) is 14.2. The molecule has 1 aliphatic heterocycles. The van der Waals surface area contributed by atoms with Gasteiger partial charge in [-0.15, -0.1) is 0 Å². The molecule has 0 unspecified atom stereocenters. The van der Waals surface area contributed by atoms with Gasteiger partial charge in [0.15, 0.2) is 0 Å². The third-order valence-corrected chi connectivity index (χ3v) is 6.10. The molecule has 0 fully saturated rings. The highest BCUT2D eigenvalue weighted by Gasteiger charge is 2.35. The van der Waals surface area contributed by atoms with Gasteiger partial charge < -0.3 is 9.88 Å². The maximum atomic E-state index is 14.9. The largest absolute Gasteiger partial charge is 0.356 e. The Labute approximate surface area is 182 Å². The third kappa shape index (κ3) is 2.95. The van der Waals surface area contributed by atoms with E-state index in [0.717, 1.165) is 27.7 Å². The number of halogens is 1. The monoisotopic (exact) mass is 426 g/mol. The number of rotatable bonds is 3. The molecule has 0 saturated heterocycles. The van der Waals surface area contributed by atoms with E-state index in [1.54, 1.807) is 40.0 Å². The van der Waals surface area contributed by atoms with Crippen LogP contribution in [0.4, 0.5) is 4.39 Å². The summed E-state index contributed by atoms with van der Waals surface area (Å²) in [5.74, 6) is 0.0578. The van der Waals surface area contributed by atoms with Gasteiger partial charge in [0, 0.05) is 41.1 Å². The highest BCUT2D eigenvalue weighted by atomic mass is 19.1. The van der Waals surface area contributed by atoms with Gasteiger partial charge in [0.2, 0.25) is 5.91 Å².